The van der Waals surface area contributed by atoms with E-state index in [0.717, 1.165) is 6.42 Å². The zero-order valence-electron chi connectivity index (χ0n) is 12.2. The van der Waals surface area contributed by atoms with Crippen molar-refractivity contribution in [2.45, 2.75) is 19.5 Å². The largest absolute Gasteiger partial charge is 0.468 e. The highest BCUT2D eigenvalue weighted by atomic mass is 19.4. The van der Waals surface area contributed by atoms with Crippen molar-refractivity contribution in [1.82, 2.24) is 9.88 Å². The molecule has 1 unspecified atom stereocenters. The zero-order chi connectivity index (χ0) is 16.4. The summed E-state index contributed by atoms with van der Waals surface area (Å²) in [5.74, 6) is -0.367. The van der Waals surface area contributed by atoms with Gasteiger partial charge < -0.3 is 15.4 Å². The lowest BCUT2D eigenvalue weighted by Crippen LogP contribution is -2.34. The van der Waals surface area contributed by atoms with Gasteiger partial charge in [-0.1, -0.05) is 6.92 Å². The number of halogens is 3. The molecule has 22 heavy (non-hydrogen) atoms. The first-order chi connectivity index (χ1) is 10.2. The second-order valence-electron chi connectivity index (χ2n) is 5.78. The van der Waals surface area contributed by atoms with Crippen molar-refractivity contribution in [3.8, 4) is 5.88 Å². The fourth-order valence-electron chi connectivity index (χ4n) is 2.29. The summed E-state index contributed by atoms with van der Waals surface area (Å²) in [6.07, 6.45) is -2.36. The maximum atomic E-state index is 12.3. The molecular formula is C14H18F3N3O2. The summed E-state index contributed by atoms with van der Waals surface area (Å²) >= 11 is 0. The maximum Gasteiger partial charge on any atom is 0.422 e. The van der Waals surface area contributed by atoms with Gasteiger partial charge in [0.15, 0.2) is 6.61 Å². The number of ether oxygens (including phenoxy) is 1. The van der Waals surface area contributed by atoms with Crippen molar-refractivity contribution in [2.24, 2.45) is 11.1 Å². The quantitative estimate of drug-likeness (QED) is 0.920. The van der Waals surface area contributed by atoms with Crippen molar-refractivity contribution < 1.29 is 22.7 Å². The van der Waals surface area contributed by atoms with Gasteiger partial charge in [-0.25, -0.2) is 4.98 Å². The van der Waals surface area contributed by atoms with Crippen LogP contribution in [0, 0.1) is 5.41 Å². The Morgan fingerprint density at radius 2 is 2.23 bits per heavy atom. The number of nitrogens with zero attached hydrogens (tertiary/aromatic N) is 2. The lowest BCUT2D eigenvalue weighted by atomic mass is 9.90. The van der Waals surface area contributed by atoms with E-state index in [4.69, 9.17) is 5.73 Å². The Morgan fingerprint density at radius 1 is 1.50 bits per heavy atom. The summed E-state index contributed by atoms with van der Waals surface area (Å²) in [5.41, 5.74) is 5.93. The van der Waals surface area contributed by atoms with Crippen molar-refractivity contribution in [3.05, 3.63) is 23.9 Å². The molecule has 2 N–H and O–H groups in total. The van der Waals surface area contributed by atoms with Gasteiger partial charge in [-0.15, -0.1) is 0 Å². The molecule has 2 heterocycles. The average molecular weight is 317 g/mol. The van der Waals surface area contributed by atoms with Crippen LogP contribution in [0.2, 0.25) is 0 Å². The molecule has 122 valence electrons. The van der Waals surface area contributed by atoms with Crippen LogP contribution in [-0.4, -0.2) is 48.2 Å². The molecule has 1 amide bonds. The van der Waals surface area contributed by atoms with Crippen LogP contribution in [0.1, 0.15) is 23.7 Å². The summed E-state index contributed by atoms with van der Waals surface area (Å²) in [6.45, 7) is 2.29. The van der Waals surface area contributed by atoms with Gasteiger partial charge in [-0.05, 0) is 24.4 Å². The number of aromatic nitrogens is 1. The summed E-state index contributed by atoms with van der Waals surface area (Å²) in [6, 6.07) is 2.68. The van der Waals surface area contributed by atoms with E-state index in [1.54, 1.807) is 4.90 Å². The smallest absolute Gasteiger partial charge is 0.422 e. The molecule has 1 saturated heterocycles. The van der Waals surface area contributed by atoms with Crippen molar-refractivity contribution in [2.75, 3.05) is 26.2 Å². The zero-order valence-corrected chi connectivity index (χ0v) is 12.2. The lowest BCUT2D eigenvalue weighted by molar-refractivity contribution is -0.154. The first-order valence-corrected chi connectivity index (χ1v) is 6.87. The van der Waals surface area contributed by atoms with Gasteiger partial charge in [0.1, 0.15) is 0 Å². The van der Waals surface area contributed by atoms with E-state index < -0.39 is 12.8 Å². The van der Waals surface area contributed by atoms with E-state index >= 15 is 0 Å². The third kappa shape index (κ3) is 4.09. The number of carbonyl (C=O) groups is 1. The summed E-state index contributed by atoms with van der Waals surface area (Å²) in [5, 5.41) is 0. The Labute approximate surface area is 126 Å². The van der Waals surface area contributed by atoms with Crippen LogP contribution >= 0.6 is 0 Å². The van der Waals surface area contributed by atoms with Crippen molar-refractivity contribution >= 4 is 5.91 Å². The minimum Gasteiger partial charge on any atom is -0.468 e. The fraction of sp³-hybridized carbons (Fsp3) is 0.571. The second-order valence-corrected chi connectivity index (χ2v) is 5.78. The van der Waals surface area contributed by atoms with Gasteiger partial charge in [-0.3, -0.25) is 4.79 Å². The number of hydrogen-bond acceptors (Lipinski definition) is 4. The molecule has 1 aromatic rings. The molecule has 1 fully saturated rings. The Morgan fingerprint density at radius 3 is 2.73 bits per heavy atom. The van der Waals surface area contributed by atoms with Crippen LogP contribution in [0.25, 0.3) is 0 Å². The number of hydrogen-bond donors (Lipinski definition) is 1. The van der Waals surface area contributed by atoms with Gasteiger partial charge in [0.2, 0.25) is 5.88 Å². The number of pyridine rings is 1. The van der Waals surface area contributed by atoms with Crippen molar-refractivity contribution in [3.63, 3.8) is 0 Å². The molecule has 8 heteroatoms. The molecular weight excluding hydrogens is 299 g/mol. The van der Waals surface area contributed by atoms with Gasteiger partial charge in [0, 0.05) is 25.4 Å². The van der Waals surface area contributed by atoms with Crippen molar-refractivity contribution in [1.29, 1.82) is 0 Å². The molecule has 0 aliphatic carbocycles. The highest BCUT2D eigenvalue weighted by Gasteiger charge is 2.35. The standard InChI is InChI=1S/C14H18F3N3O2/c1-13(7-18)4-5-20(8-13)12(21)10-2-3-11(19-6-10)22-9-14(15,16)17/h2-3,6H,4-5,7-9,18H2,1H3. The van der Waals surface area contributed by atoms with Gasteiger partial charge in [0.05, 0.1) is 5.56 Å². The van der Waals surface area contributed by atoms with Crippen LogP contribution < -0.4 is 10.5 Å². The molecule has 1 aromatic heterocycles. The molecule has 1 aliphatic rings. The number of likely N-dealkylation sites (tertiary alicyclic amines) is 1. The SMILES string of the molecule is CC1(CN)CCN(C(=O)c2ccc(OCC(F)(F)F)nc2)C1. The van der Waals surface area contributed by atoms with E-state index in [1.807, 2.05) is 6.92 Å². The molecule has 0 spiro atoms. The Bertz CT molecular complexity index is 533. The summed E-state index contributed by atoms with van der Waals surface area (Å²) in [4.78, 5) is 17.7. The normalized spacial score (nSPS) is 22.0. The lowest BCUT2D eigenvalue weighted by Gasteiger charge is -2.22. The molecule has 0 aromatic carbocycles. The third-order valence-electron chi connectivity index (χ3n) is 3.70. The van der Waals surface area contributed by atoms with E-state index in [2.05, 4.69) is 9.72 Å². The van der Waals surface area contributed by atoms with E-state index in [1.165, 1.54) is 18.3 Å². The third-order valence-corrected chi connectivity index (χ3v) is 3.70. The minimum absolute atomic E-state index is 0.0845. The van der Waals surface area contributed by atoms with Crippen LogP contribution in [-0.2, 0) is 0 Å². The second kappa shape index (κ2) is 6.12. The molecule has 0 bridgehead atoms. The number of alkyl halides is 3. The Hall–Kier alpha value is -1.83. The van der Waals surface area contributed by atoms with Gasteiger partial charge >= 0.3 is 6.18 Å². The minimum atomic E-state index is -4.42. The van der Waals surface area contributed by atoms with Crippen LogP contribution in [0.4, 0.5) is 13.2 Å². The van der Waals surface area contributed by atoms with Gasteiger partial charge in [-0.2, -0.15) is 13.2 Å². The predicted octanol–water partition coefficient (Wildman–Crippen LogP) is 1.83. The molecule has 1 atom stereocenters. The number of nitrogens with two attached hydrogens (primary N) is 1. The predicted molar refractivity (Wildman–Crippen MR) is 73.5 cm³/mol. The fourth-order valence-corrected chi connectivity index (χ4v) is 2.29. The number of carbonyl (C=O) groups excluding carboxylic acids is 1. The Balaban J connectivity index is 1.97. The first kappa shape index (κ1) is 16.5. The van der Waals surface area contributed by atoms with Crippen LogP contribution in [0.15, 0.2) is 18.3 Å². The number of rotatable bonds is 4. The van der Waals surface area contributed by atoms with Crippen LogP contribution in [0.3, 0.4) is 0 Å². The van der Waals surface area contributed by atoms with E-state index in [9.17, 15) is 18.0 Å². The monoisotopic (exact) mass is 317 g/mol. The highest BCUT2D eigenvalue weighted by Crippen LogP contribution is 2.29. The Kier molecular flexibility index (Phi) is 4.60. The molecule has 0 radical (unpaired) electrons. The summed E-state index contributed by atoms with van der Waals surface area (Å²) in [7, 11) is 0. The number of amides is 1. The molecule has 1 aliphatic heterocycles. The highest BCUT2D eigenvalue weighted by molar-refractivity contribution is 5.94. The average Bonchev–Trinajstić information content (AvgIpc) is 2.87. The van der Waals surface area contributed by atoms with Gasteiger partial charge in [0.25, 0.3) is 5.91 Å². The van der Waals surface area contributed by atoms with Crippen LogP contribution in [0.5, 0.6) is 5.88 Å². The van der Waals surface area contributed by atoms with E-state index in [-0.39, 0.29) is 17.2 Å². The summed E-state index contributed by atoms with van der Waals surface area (Å²) < 4.78 is 40.6. The topological polar surface area (TPSA) is 68.5 Å². The molecule has 0 saturated carbocycles. The maximum absolute atomic E-state index is 12.3. The molecule has 2 rings (SSSR count). The van der Waals surface area contributed by atoms with E-state index in [0.29, 0.717) is 25.2 Å². The molecule has 5 nitrogen and oxygen atoms in total. The first-order valence-electron chi connectivity index (χ1n) is 6.87.